The second kappa shape index (κ2) is 11.5. The Bertz CT molecular complexity index is 1110. The van der Waals surface area contributed by atoms with Gasteiger partial charge in [-0.2, -0.15) is 0 Å². The molecule has 0 saturated carbocycles. The van der Waals surface area contributed by atoms with Gasteiger partial charge in [0.15, 0.2) is 6.61 Å². The molecule has 3 rings (SSSR count). The number of nitrogens with zero attached hydrogens (tertiary/aromatic N) is 1. The van der Waals surface area contributed by atoms with Crippen molar-refractivity contribution in [3.63, 3.8) is 0 Å². The third-order valence-corrected chi connectivity index (χ3v) is 5.94. The van der Waals surface area contributed by atoms with Crippen molar-refractivity contribution in [2.45, 2.75) is 33.3 Å². The summed E-state index contributed by atoms with van der Waals surface area (Å²) in [5.74, 6) is -0.952. The van der Waals surface area contributed by atoms with E-state index in [0.717, 1.165) is 27.9 Å². The molecule has 2 aromatic rings. The van der Waals surface area contributed by atoms with E-state index in [1.165, 1.54) is 0 Å². The Morgan fingerprint density at radius 1 is 1.12 bits per heavy atom. The molecule has 1 aliphatic rings. The van der Waals surface area contributed by atoms with Crippen LogP contribution in [0.1, 0.15) is 31.4 Å². The highest BCUT2D eigenvalue weighted by Gasteiger charge is 2.36. The summed E-state index contributed by atoms with van der Waals surface area (Å²) in [6.45, 7) is 4.96. The Balaban J connectivity index is 1.55. The number of carbonyl (C=O) groups is 4. The molecule has 8 nitrogen and oxygen atoms in total. The monoisotopic (exact) mass is 482 g/mol. The zero-order chi connectivity index (χ0) is 24.7. The van der Waals surface area contributed by atoms with E-state index in [2.05, 4.69) is 5.32 Å². The lowest BCUT2D eigenvalue weighted by Crippen LogP contribution is -2.35. The predicted octanol–water partition coefficient (Wildman–Crippen LogP) is 4.39. The molecule has 9 heteroatoms. The van der Waals surface area contributed by atoms with Crippen molar-refractivity contribution in [1.29, 1.82) is 0 Å². The van der Waals surface area contributed by atoms with Gasteiger partial charge >= 0.3 is 5.97 Å². The van der Waals surface area contributed by atoms with Crippen LogP contribution in [0.2, 0.25) is 0 Å². The number of anilines is 1. The summed E-state index contributed by atoms with van der Waals surface area (Å²) in [6.07, 6.45) is 1.93. The minimum absolute atomic E-state index is 0.153. The van der Waals surface area contributed by atoms with Gasteiger partial charge in [-0.1, -0.05) is 37.3 Å². The van der Waals surface area contributed by atoms with Gasteiger partial charge in [0.25, 0.3) is 17.1 Å². The van der Waals surface area contributed by atoms with Crippen LogP contribution in [0.15, 0.2) is 53.4 Å². The molecule has 0 unspecified atom stereocenters. The molecular weight excluding hydrogens is 456 g/mol. The van der Waals surface area contributed by atoms with E-state index in [1.807, 2.05) is 38.1 Å². The number of esters is 1. The average Bonchev–Trinajstić information content (AvgIpc) is 3.07. The van der Waals surface area contributed by atoms with Crippen LogP contribution in [0, 0.1) is 6.92 Å². The summed E-state index contributed by atoms with van der Waals surface area (Å²) in [5, 5.41) is 2.28. The van der Waals surface area contributed by atoms with Gasteiger partial charge in [0.05, 0.1) is 11.0 Å². The fraction of sp³-hybridized carbons (Fsp3) is 0.280. The number of carbonyl (C=O) groups excluding carboxylic acids is 4. The fourth-order valence-corrected chi connectivity index (χ4v) is 3.81. The molecule has 0 spiro atoms. The molecule has 2 aromatic carbocycles. The van der Waals surface area contributed by atoms with Crippen molar-refractivity contribution in [2.24, 2.45) is 0 Å². The van der Waals surface area contributed by atoms with Gasteiger partial charge < -0.3 is 14.8 Å². The number of ether oxygens (including phenoxy) is 2. The molecule has 1 saturated heterocycles. The number of thioether (sulfide) groups is 1. The van der Waals surface area contributed by atoms with Crippen LogP contribution < -0.4 is 10.1 Å². The van der Waals surface area contributed by atoms with E-state index in [-0.39, 0.29) is 23.5 Å². The van der Waals surface area contributed by atoms with Crippen LogP contribution in [0.5, 0.6) is 5.75 Å². The number of amides is 3. The van der Waals surface area contributed by atoms with Crippen LogP contribution in [-0.4, -0.2) is 47.2 Å². The predicted molar refractivity (Wildman–Crippen MR) is 130 cm³/mol. The molecule has 1 aliphatic heterocycles. The zero-order valence-corrected chi connectivity index (χ0v) is 20.0. The lowest BCUT2D eigenvalue weighted by molar-refractivity contribution is -0.150. The molecule has 34 heavy (non-hydrogen) atoms. The van der Waals surface area contributed by atoms with Crippen molar-refractivity contribution in [3.8, 4) is 5.75 Å². The number of hydrogen-bond donors (Lipinski definition) is 1. The fourth-order valence-electron chi connectivity index (χ4n) is 2.97. The Kier molecular flexibility index (Phi) is 8.48. The highest BCUT2D eigenvalue weighted by molar-refractivity contribution is 8.18. The van der Waals surface area contributed by atoms with Gasteiger partial charge in [-0.05, 0) is 67.4 Å². The van der Waals surface area contributed by atoms with Crippen molar-refractivity contribution in [1.82, 2.24) is 4.90 Å². The maximum Gasteiger partial charge on any atom is 0.326 e. The summed E-state index contributed by atoms with van der Waals surface area (Å²) >= 11 is 0.770. The number of nitrogens with one attached hydrogen (secondary N) is 1. The first-order valence-electron chi connectivity index (χ1n) is 10.8. The summed E-state index contributed by atoms with van der Waals surface area (Å²) in [5.41, 5.74) is 2.36. The van der Waals surface area contributed by atoms with Crippen LogP contribution in [-0.2, 0) is 19.1 Å². The minimum Gasteiger partial charge on any atom is -0.484 e. The van der Waals surface area contributed by atoms with E-state index in [9.17, 15) is 19.2 Å². The van der Waals surface area contributed by atoms with Gasteiger partial charge in [-0.25, -0.2) is 0 Å². The van der Waals surface area contributed by atoms with Crippen molar-refractivity contribution in [3.05, 3.63) is 64.6 Å². The number of para-hydroxylation sites is 1. The van der Waals surface area contributed by atoms with Crippen molar-refractivity contribution >= 4 is 46.5 Å². The average molecular weight is 483 g/mol. The maximum absolute atomic E-state index is 12.6. The third kappa shape index (κ3) is 6.71. The summed E-state index contributed by atoms with van der Waals surface area (Å²) in [7, 11) is 0. The highest BCUT2D eigenvalue weighted by atomic mass is 32.2. The Labute approximate surface area is 202 Å². The first kappa shape index (κ1) is 25.0. The number of aryl methyl sites for hydroxylation is 1. The number of imide groups is 1. The molecule has 0 bridgehead atoms. The standard InChI is InChI=1S/C25H26N2O6S/c1-4-17(3)33-23(29)14-27-24(30)21(34-25(27)31)13-18-9-11-19(12-10-18)32-15-22(28)26-20-8-6-5-7-16(20)2/h5-13,17H,4,14-15H2,1-3H3,(H,26,28)/b21-13-/t17-/m0/s1. The van der Waals surface area contributed by atoms with E-state index >= 15 is 0 Å². The van der Waals surface area contributed by atoms with Crippen molar-refractivity contribution < 1.29 is 28.7 Å². The molecule has 1 atom stereocenters. The first-order chi connectivity index (χ1) is 16.3. The Morgan fingerprint density at radius 3 is 2.50 bits per heavy atom. The van der Waals surface area contributed by atoms with Gasteiger partial charge in [-0.15, -0.1) is 0 Å². The second-order valence-electron chi connectivity index (χ2n) is 7.70. The molecule has 178 valence electrons. The normalized spacial score (nSPS) is 15.4. The summed E-state index contributed by atoms with van der Waals surface area (Å²) in [4.78, 5) is 49.9. The third-order valence-electron chi connectivity index (χ3n) is 5.04. The van der Waals surface area contributed by atoms with E-state index < -0.39 is 23.7 Å². The van der Waals surface area contributed by atoms with Crippen LogP contribution in [0.3, 0.4) is 0 Å². The van der Waals surface area contributed by atoms with E-state index in [4.69, 9.17) is 9.47 Å². The smallest absolute Gasteiger partial charge is 0.326 e. The quantitative estimate of drug-likeness (QED) is 0.418. The Morgan fingerprint density at radius 2 is 1.82 bits per heavy atom. The Hall–Kier alpha value is -3.59. The van der Waals surface area contributed by atoms with Gasteiger partial charge in [0, 0.05) is 5.69 Å². The van der Waals surface area contributed by atoms with Crippen LogP contribution in [0.4, 0.5) is 10.5 Å². The largest absolute Gasteiger partial charge is 0.484 e. The molecule has 1 heterocycles. The van der Waals surface area contributed by atoms with Gasteiger partial charge in [-0.3, -0.25) is 24.1 Å². The highest BCUT2D eigenvalue weighted by Crippen LogP contribution is 2.32. The van der Waals surface area contributed by atoms with Gasteiger partial charge in [0.2, 0.25) is 0 Å². The number of hydrogen-bond acceptors (Lipinski definition) is 7. The number of rotatable bonds is 9. The minimum atomic E-state index is -0.620. The number of benzene rings is 2. The SMILES string of the molecule is CC[C@H](C)OC(=O)CN1C(=O)S/C(=C\c2ccc(OCC(=O)Nc3ccccc3C)cc2)C1=O. The van der Waals surface area contributed by atoms with Crippen LogP contribution >= 0.6 is 11.8 Å². The van der Waals surface area contributed by atoms with E-state index in [1.54, 1.807) is 37.3 Å². The molecule has 0 aromatic heterocycles. The topological polar surface area (TPSA) is 102 Å². The maximum atomic E-state index is 12.6. The molecule has 0 radical (unpaired) electrons. The summed E-state index contributed by atoms with van der Waals surface area (Å²) in [6, 6.07) is 14.2. The molecule has 0 aliphatic carbocycles. The van der Waals surface area contributed by atoms with E-state index in [0.29, 0.717) is 17.7 Å². The first-order valence-corrected chi connectivity index (χ1v) is 11.6. The second-order valence-corrected chi connectivity index (χ2v) is 8.69. The lowest BCUT2D eigenvalue weighted by Gasteiger charge is -2.14. The zero-order valence-electron chi connectivity index (χ0n) is 19.2. The molecular formula is C25H26N2O6S. The summed E-state index contributed by atoms with van der Waals surface area (Å²) < 4.78 is 10.7. The molecule has 3 amide bonds. The van der Waals surface area contributed by atoms with Crippen molar-refractivity contribution in [2.75, 3.05) is 18.5 Å². The van der Waals surface area contributed by atoms with Gasteiger partial charge in [0.1, 0.15) is 12.3 Å². The molecule has 1 N–H and O–H groups in total. The lowest BCUT2D eigenvalue weighted by atomic mass is 10.2. The molecule has 1 fully saturated rings. The van der Waals surface area contributed by atoms with Crippen LogP contribution in [0.25, 0.3) is 6.08 Å².